The predicted molar refractivity (Wildman–Crippen MR) is 65.4 cm³/mol. The third-order valence-electron chi connectivity index (χ3n) is 2.97. The molecule has 0 radical (unpaired) electrons. The molecular formula is C12H15N3O3. The van der Waals surface area contributed by atoms with E-state index in [0.717, 1.165) is 16.2 Å². The van der Waals surface area contributed by atoms with Crippen molar-refractivity contribution in [3.05, 3.63) is 29.8 Å². The third-order valence-corrected chi connectivity index (χ3v) is 2.97. The second-order valence-corrected chi connectivity index (χ2v) is 4.14. The number of nitrogens with two attached hydrogens (primary N) is 1. The van der Waals surface area contributed by atoms with Gasteiger partial charge in [0.05, 0.1) is 19.7 Å². The van der Waals surface area contributed by atoms with Crippen LogP contribution < -0.4 is 10.8 Å². The lowest BCUT2D eigenvalue weighted by molar-refractivity contribution is -0.143. The van der Waals surface area contributed by atoms with Crippen molar-refractivity contribution in [3.63, 3.8) is 0 Å². The Kier molecular flexibility index (Phi) is 3.59. The molecule has 18 heavy (non-hydrogen) atoms. The number of anilines is 1. The molecule has 1 aromatic carbocycles. The maximum Gasteiger partial charge on any atom is 0.248 e. The lowest BCUT2D eigenvalue weighted by atomic mass is 10.1. The van der Waals surface area contributed by atoms with Gasteiger partial charge in [-0.15, -0.1) is 0 Å². The van der Waals surface area contributed by atoms with Gasteiger partial charge in [-0.25, -0.2) is 5.90 Å². The highest BCUT2D eigenvalue weighted by atomic mass is 16.6. The van der Waals surface area contributed by atoms with Gasteiger partial charge in [-0.1, -0.05) is 18.2 Å². The van der Waals surface area contributed by atoms with Crippen LogP contribution in [0, 0.1) is 0 Å². The van der Waals surface area contributed by atoms with Gasteiger partial charge < -0.3 is 4.90 Å². The molecule has 0 saturated carbocycles. The van der Waals surface area contributed by atoms with Gasteiger partial charge in [0.1, 0.15) is 0 Å². The zero-order chi connectivity index (χ0) is 13.1. The van der Waals surface area contributed by atoms with Crippen LogP contribution in [0.2, 0.25) is 0 Å². The average molecular weight is 249 g/mol. The molecule has 0 bridgehead atoms. The quantitative estimate of drug-likeness (QED) is 0.597. The topological polar surface area (TPSA) is 75.9 Å². The fourth-order valence-electron chi connectivity index (χ4n) is 1.94. The van der Waals surface area contributed by atoms with E-state index >= 15 is 0 Å². The van der Waals surface area contributed by atoms with Crippen LogP contribution in [0.1, 0.15) is 5.56 Å². The van der Waals surface area contributed by atoms with Crippen LogP contribution in [0.5, 0.6) is 0 Å². The van der Waals surface area contributed by atoms with Gasteiger partial charge in [0.2, 0.25) is 11.8 Å². The van der Waals surface area contributed by atoms with Crippen molar-refractivity contribution in [1.82, 2.24) is 4.90 Å². The summed E-state index contributed by atoms with van der Waals surface area (Å²) < 4.78 is 0. The second-order valence-electron chi connectivity index (χ2n) is 4.14. The van der Waals surface area contributed by atoms with Crippen LogP contribution in [0.15, 0.2) is 24.3 Å². The normalized spacial score (nSPS) is 16.3. The van der Waals surface area contributed by atoms with E-state index in [-0.39, 0.29) is 31.5 Å². The Balaban J connectivity index is 2.26. The maximum absolute atomic E-state index is 11.7. The molecule has 0 unspecified atom stereocenters. The number of hydrogen-bond acceptors (Lipinski definition) is 5. The van der Waals surface area contributed by atoms with E-state index in [0.29, 0.717) is 0 Å². The van der Waals surface area contributed by atoms with Gasteiger partial charge in [0, 0.05) is 18.3 Å². The van der Waals surface area contributed by atoms with E-state index < -0.39 is 0 Å². The molecule has 0 aromatic heterocycles. The molecular weight excluding hydrogens is 234 g/mol. The summed E-state index contributed by atoms with van der Waals surface area (Å²) in [5, 5.41) is 0. The van der Waals surface area contributed by atoms with Crippen molar-refractivity contribution in [1.29, 1.82) is 0 Å². The summed E-state index contributed by atoms with van der Waals surface area (Å²) in [6, 6.07) is 7.41. The number of carbonyl (C=O) groups is 2. The van der Waals surface area contributed by atoms with Crippen LogP contribution >= 0.6 is 0 Å². The molecule has 2 rings (SSSR count). The predicted octanol–water partition coefficient (Wildman–Crippen LogP) is -0.118. The first-order valence-corrected chi connectivity index (χ1v) is 5.57. The summed E-state index contributed by atoms with van der Waals surface area (Å²) in [6.07, 6.45) is 0. The minimum absolute atomic E-state index is 0.184. The van der Waals surface area contributed by atoms with E-state index in [2.05, 4.69) is 4.84 Å². The summed E-state index contributed by atoms with van der Waals surface area (Å²) >= 11 is 0. The number of amides is 2. The maximum atomic E-state index is 11.7. The molecule has 2 amide bonds. The fraction of sp³-hybridized carbons (Fsp3) is 0.333. The zero-order valence-corrected chi connectivity index (χ0v) is 10.1. The van der Waals surface area contributed by atoms with Crippen molar-refractivity contribution in [2.45, 2.75) is 6.61 Å². The van der Waals surface area contributed by atoms with E-state index in [1.165, 1.54) is 7.05 Å². The van der Waals surface area contributed by atoms with Crippen LogP contribution in [0.3, 0.4) is 0 Å². The lowest BCUT2D eigenvalue weighted by Gasteiger charge is -2.33. The number of hydrogen-bond donors (Lipinski definition) is 1. The standard InChI is InChI=1S/C12H15N3O3/c1-14-11(16)6-15(7-12(14)17)10-5-3-2-4-9(10)8-18-13/h2-5H,6-8,13H2,1H3. The molecule has 2 N–H and O–H groups in total. The Hall–Kier alpha value is -1.92. The van der Waals surface area contributed by atoms with Crippen LogP contribution in [0.4, 0.5) is 5.69 Å². The highest BCUT2D eigenvalue weighted by Crippen LogP contribution is 2.22. The number of benzene rings is 1. The van der Waals surface area contributed by atoms with Crippen LogP contribution in [-0.4, -0.2) is 36.9 Å². The van der Waals surface area contributed by atoms with Gasteiger partial charge in [-0.3, -0.25) is 19.3 Å². The number of nitrogens with zero attached hydrogens (tertiary/aromatic N) is 2. The number of imide groups is 1. The third kappa shape index (κ3) is 2.34. The van der Waals surface area contributed by atoms with Crippen LogP contribution in [0.25, 0.3) is 0 Å². The van der Waals surface area contributed by atoms with Gasteiger partial charge in [0.25, 0.3) is 0 Å². The van der Waals surface area contributed by atoms with Gasteiger partial charge >= 0.3 is 0 Å². The minimum Gasteiger partial charge on any atom is -0.353 e. The Morgan fingerprint density at radius 3 is 2.44 bits per heavy atom. The Morgan fingerprint density at radius 1 is 1.22 bits per heavy atom. The van der Waals surface area contributed by atoms with Gasteiger partial charge in [-0.05, 0) is 6.07 Å². The molecule has 6 heteroatoms. The Bertz CT molecular complexity index is 457. The van der Waals surface area contributed by atoms with Gasteiger partial charge in [-0.2, -0.15) is 0 Å². The number of para-hydroxylation sites is 1. The molecule has 1 heterocycles. The van der Waals surface area contributed by atoms with Crippen molar-refractivity contribution in [3.8, 4) is 0 Å². The molecule has 1 saturated heterocycles. The monoisotopic (exact) mass is 249 g/mol. The first-order chi connectivity index (χ1) is 8.63. The Morgan fingerprint density at radius 2 is 1.83 bits per heavy atom. The Labute approximate surface area is 105 Å². The highest BCUT2D eigenvalue weighted by molar-refractivity contribution is 6.02. The lowest BCUT2D eigenvalue weighted by Crippen LogP contribution is -2.52. The highest BCUT2D eigenvalue weighted by Gasteiger charge is 2.28. The van der Waals surface area contributed by atoms with Crippen molar-refractivity contribution in [2.75, 3.05) is 25.0 Å². The summed E-state index contributed by atoms with van der Waals surface area (Å²) in [4.78, 5) is 30.8. The number of piperazine rings is 1. The summed E-state index contributed by atoms with van der Waals surface area (Å²) in [5.41, 5.74) is 1.66. The first-order valence-electron chi connectivity index (χ1n) is 5.57. The van der Waals surface area contributed by atoms with Crippen molar-refractivity contribution in [2.24, 2.45) is 5.90 Å². The number of carbonyl (C=O) groups excluding carboxylic acids is 2. The van der Waals surface area contributed by atoms with E-state index in [1.807, 2.05) is 24.3 Å². The molecule has 1 aliphatic heterocycles. The largest absolute Gasteiger partial charge is 0.353 e. The smallest absolute Gasteiger partial charge is 0.248 e. The molecule has 0 spiro atoms. The molecule has 96 valence electrons. The van der Waals surface area contributed by atoms with E-state index in [1.54, 1.807) is 4.90 Å². The minimum atomic E-state index is -0.213. The summed E-state index contributed by atoms with van der Waals surface area (Å²) in [7, 11) is 1.50. The molecule has 0 aliphatic carbocycles. The molecule has 6 nitrogen and oxygen atoms in total. The van der Waals surface area contributed by atoms with E-state index in [4.69, 9.17) is 5.90 Å². The number of rotatable bonds is 3. The van der Waals surface area contributed by atoms with E-state index in [9.17, 15) is 9.59 Å². The van der Waals surface area contributed by atoms with Gasteiger partial charge in [0.15, 0.2) is 0 Å². The zero-order valence-electron chi connectivity index (χ0n) is 10.1. The molecule has 1 aliphatic rings. The summed E-state index contributed by atoms with van der Waals surface area (Å²) in [5.74, 6) is 4.65. The molecule has 0 atom stereocenters. The average Bonchev–Trinajstić information content (AvgIpc) is 2.36. The van der Waals surface area contributed by atoms with Crippen LogP contribution in [-0.2, 0) is 21.0 Å². The summed E-state index contributed by atoms with van der Waals surface area (Å²) in [6.45, 7) is 0.610. The van der Waals surface area contributed by atoms with Crippen molar-refractivity contribution < 1.29 is 14.4 Å². The fourth-order valence-corrected chi connectivity index (χ4v) is 1.94. The second kappa shape index (κ2) is 5.16. The van der Waals surface area contributed by atoms with Crippen molar-refractivity contribution >= 4 is 17.5 Å². The SMILES string of the molecule is CN1C(=O)CN(c2ccccc2CON)CC1=O. The molecule has 1 fully saturated rings. The first kappa shape index (κ1) is 12.5. The number of likely N-dealkylation sites (N-methyl/N-ethyl adjacent to an activating group) is 1. The molecule has 1 aromatic rings.